The van der Waals surface area contributed by atoms with Gasteiger partial charge >= 0.3 is 0 Å². The Labute approximate surface area is 192 Å². The molecule has 0 amide bonds. The largest absolute Gasteiger partial charge is 0.507 e. The second-order valence-electron chi connectivity index (χ2n) is 8.23. The first kappa shape index (κ1) is 24.2. The molecular weight excluding hydrogens is 424 g/mol. The van der Waals surface area contributed by atoms with Gasteiger partial charge in [0.15, 0.2) is 11.5 Å². The molecule has 1 aromatic heterocycles. The summed E-state index contributed by atoms with van der Waals surface area (Å²) in [6, 6.07) is 3.16. The minimum atomic E-state index is -0.915. The lowest BCUT2D eigenvalue weighted by molar-refractivity contribution is 0.210. The Morgan fingerprint density at radius 1 is 1.03 bits per heavy atom. The molecule has 3 rings (SSSR count). The van der Waals surface area contributed by atoms with Crippen molar-refractivity contribution in [3.8, 4) is 23.0 Å². The first-order valence-electron chi connectivity index (χ1n) is 10.5. The number of aliphatic hydroxyl groups excluding tert-OH is 1. The van der Waals surface area contributed by atoms with Gasteiger partial charge in [0, 0.05) is 29.7 Å². The molecule has 0 fully saturated rings. The molecule has 3 aromatic rings. The average molecular weight is 455 g/mol. The molecular formula is C26H30O7. The highest BCUT2D eigenvalue weighted by atomic mass is 16.5. The van der Waals surface area contributed by atoms with Crippen LogP contribution in [0.15, 0.2) is 45.1 Å². The van der Waals surface area contributed by atoms with Gasteiger partial charge in [0.1, 0.15) is 28.1 Å². The molecule has 0 spiro atoms. The van der Waals surface area contributed by atoms with Crippen LogP contribution in [0.2, 0.25) is 0 Å². The van der Waals surface area contributed by atoms with Crippen LogP contribution in [0.1, 0.15) is 31.9 Å². The van der Waals surface area contributed by atoms with E-state index in [2.05, 4.69) is 6.58 Å². The van der Waals surface area contributed by atoms with E-state index in [0.29, 0.717) is 40.4 Å². The Morgan fingerprint density at radius 3 is 2.18 bits per heavy atom. The molecule has 176 valence electrons. The zero-order valence-electron chi connectivity index (χ0n) is 19.9. The number of aliphatic hydroxyl groups is 1. The van der Waals surface area contributed by atoms with Crippen molar-refractivity contribution in [1.82, 2.24) is 0 Å². The number of hydrogen-bond acceptors (Lipinski definition) is 7. The Hall–Kier alpha value is -3.45. The van der Waals surface area contributed by atoms with E-state index in [9.17, 15) is 15.0 Å². The number of phenols is 1. The molecule has 0 aliphatic heterocycles. The monoisotopic (exact) mass is 454 g/mol. The van der Waals surface area contributed by atoms with E-state index >= 15 is 0 Å². The number of allylic oxidation sites excluding steroid dienone is 2. The number of rotatable bonds is 8. The zero-order chi connectivity index (χ0) is 24.4. The average Bonchev–Trinajstić information content (AvgIpc) is 2.76. The fourth-order valence-electron chi connectivity index (χ4n) is 3.83. The number of benzene rings is 2. The summed E-state index contributed by atoms with van der Waals surface area (Å²) in [4.78, 5) is 13.8. The minimum absolute atomic E-state index is 0.0405. The maximum absolute atomic E-state index is 13.8. The van der Waals surface area contributed by atoms with Gasteiger partial charge in [-0.2, -0.15) is 0 Å². The van der Waals surface area contributed by atoms with Crippen molar-refractivity contribution in [1.29, 1.82) is 0 Å². The SMILES string of the molecule is C=C(C)C(O)Cc1c(OC)c(OC)cc2oc3cc(OC)c(CC=C(C)C)c(O)c3c(=O)c12. The van der Waals surface area contributed by atoms with Gasteiger partial charge in [0.25, 0.3) is 0 Å². The second kappa shape index (κ2) is 9.58. The highest BCUT2D eigenvalue weighted by Crippen LogP contribution is 2.41. The van der Waals surface area contributed by atoms with Gasteiger partial charge in [0.05, 0.1) is 32.8 Å². The quantitative estimate of drug-likeness (QED) is 0.377. The molecule has 2 aromatic carbocycles. The molecule has 0 bridgehead atoms. The molecule has 0 radical (unpaired) electrons. The molecule has 7 heteroatoms. The number of fused-ring (bicyclic) bond motifs is 2. The van der Waals surface area contributed by atoms with Crippen molar-refractivity contribution < 1.29 is 28.8 Å². The summed E-state index contributed by atoms with van der Waals surface area (Å²) in [6.45, 7) is 9.40. The molecule has 7 nitrogen and oxygen atoms in total. The molecule has 0 saturated heterocycles. The fourth-order valence-corrected chi connectivity index (χ4v) is 3.83. The third-order valence-electron chi connectivity index (χ3n) is 5.64. The van der Waals surface area contributed by atoms with Gasteiger partial charge < -0.3 is 28.8 Å². The highest BCUT2D eigenvalue weighted by Gasteiger charge is 2.25. The van der Waals surface area contributed by atoms with Crippen LogP contribution in [0.3, 0.4) is 0 Å². The van der Waals surface area contributed by atoms with Gasteiger partial charge in [-0.15, -0.1) is 0 Å². The van der Waals surface area contributed by atoms with Gasteiger partial charge in [-0.25, -0.2) is 0 Å². The standard InChI is InChI=1S/C26H30O7/c1-13(2)8-9-15-18(30-5)11-20-23(24(15)28)25(29)22-16(10-17(27)14(3)4)26(32-7)21(31-6)12-19(22)33-20/h8,11-12,17,27-28H,3,9-10H2,1-2,4-7H3. The first-order chi connectivity index (χ1) is 15.6. The Morgan fingerprint density at radius 2 is 1.64 bits per heavy atom. The maximum atomic E-state index is 13.8. The van der Waals surface area contributed by atoms with E-state index in [4.69, 9.17) is 18.6 Å². The van der Waals surface area contributed by atoms with Crippen molar-refractivity contribution in [3.05, 3.63) is 57.3 Å². The fraction of sp³-hybridized carbons (Fsp3) is 0.346. The molecule has 0 saturated carbocycles. The summed E-state index contributed by atoms with van der Waals surface area (Å²) < 4.78 is 22.5. The van der Waals surface area contributed by atoms with Gasteiger partial charge in [0.2, 0.25) is 5.43 Å². The zero-order valence-corrected chi connectivity index (χ0v) is 19.9. The molecule has 2 N–H and O–H groups in total. The lowest BCUT2D eigenvalue weighted by Gasteiger charge is -2.19. The maximum Gasteiger partial charge on any atom is 0.204 e. The predicted molar refractivity (Wildman–Crippen MR) is 129 cm³/mol. The number of ether oxygens (including phenoxy) is 3. The third-order valence-corrected chi connectivity index (χ3v) is 5.64. The molecule has 33 heavy (non-hydrogen) atoms. The first-order valence-corrected chi connectivity index (χ1v) is 10.5. The van der Waals surface area contributed by atoms with E-state index in [1.807, 2.05) is 19.9 Å². The summed E-state index contributed by atoms with van der Waals surface area (Å²) >= 11 is 0. The molecule has 1 unspecified atom stereocenters. The van der Waals surface area contributed by atoms with Crippen molar-refractivity contribution in [3.63, 3.8) is 0 Å². The molecule has 0 aliphatic rings. The van der Waals surface area contributed by atoms with Crippen LogP contribution < -0.4 is 19.6 Å². The van der Waals surface area contributed by atoms with Gasteiger partial charge in [-0.1, -0.05) is 23.8 Å². The summed E-state index contributed by atoms with van der Waals surface area (Å²) in [7, 11) is 4.44. The second-order valence-corrected chi connectivity index (χ2v) is 8.23. The van der Waals surface area contributed by atoms with E-state index in [1.165, 1.54) is 21.3 Å². The number of hydrogen-bond donors (Lipinski definition) is 2. The van der Waals surface area contributed by atoms with Gasteiger partial charge in [-0.3, -0.25) is 4.79 Å². The smallest absolute Gasteiger partial charge is 0.204 e. The van der Waals surface area contributed by atoms with Crippen LogP contribution in [0.25, 0.3) is 21.9 Å². The van der Waals surface area contributed by atoms with E-state index < -0.39 is 11.5 Å². The Kier molecular flexibility index (Phi) is 7.03. The van der Waals surface area contributed by atoms with Crippen molar-refractivity contribution in [2.75, 3.05) is 21.3 Å². The van der Waals surface area contributed by atoms with E-state index in [-0.39, 0.29) is 34.1 Å². The Balaban J connectivity index is 2.48. The summed E-state index contributed by atoms with van der Waals surface area (Å²) in [5.74, 6) is 0.889. The van der Waals surface area contributed by atoms with E-state index in [1.54, 1.807) is 19.1 Å². The van der Waals surface area contributed by atoms with Gasteiger partial charge in [-0.05, 0) is 27.2 Å². The van der Waals surface area contributed by atoms with Crippen LogP contribution in [-0.2, 0) is 12.8 Å². The lowest BCUT2D eigenvalue weighted by Crippen LogP contribution is -2.16. The number of aromatic hydroxyl groups is 1. The summed E-state index contributed by atoms with van der Waals surface area (Å²) in [5.41, 5.74) is 2.49. The van der Waals surface area contributed by atoms with Crippen LogP contribution in [0.5, 0.6) is 23.0 Å². The van der Waals surface area contributed by atoms with Crippen LogP contribution in [0.4, 0.5) is 0 Å². The summed E-state index contributed by atoms with van der Waals surface area (Å²) in [6.07, 6.45) is 1.47. The topological polar surface area (TPSA) is 98.4 Å². The van der Waals surface area contributed by atoms with E-state index in [0.717, 1.165) is 5.57 Å². The Bertz CT molecular complexity index is 1310. The van der Waals surface area contributed by atoms with Crippen LogP contribution in [0, 0.1) is 0 Å². The number of phenolic OH excluding ortho intramolecular Hbond substituents is 1. The summed E-state index contributed by atoms with van der Waals surface area (Å²) in [5, 5.41) is 21.9. The lowest BCUT2D eigenvalue weighted by atomic mass is 9.96. The van der Waals surface area contributed by atoms with Crippen molar-refractivity contribution >= 4 is 21.9 Å². The predicted octanol–water partition coefficient (Wildman–Crippen LogP) is 4.67. The molecule has 0 aliphatic carbocycles. The van der Waals surface area contributed by atoms with Crippen LogP contribution >= 0.6 is 0 Å². The molecule has 1 heterocycles. The molecule has 1 atom stereocenters. The minimum Gasteiger partial charge on any atom is -0.507 e. The normalized spacial score (nSPS) is 12.0. The van der Waals surface area contributed by atoms with Crippen LogP contribution in [-0.4, -0.2) is 37.6 Å². The van der Waals surface area contributed by atoms with Crippen molar-refractivity contribution in [2.24, 2.45) is 0 Å². The van der Waals surface area contributed by atoms with Crippen molar-refractivity contribution in [2.45, 2.75) is 39.7 Å². The highest BCUT2D eigenvalue weighted by molar-refractivity contribution is 5.97. The third kappa shape index (κ3) is 4.41. The number of methoxy groups -OCH3 is 3.